The molecule has 4 nitrogen and oxygen atoms in total. The quantitative estimate of drug-likeness (QED) is 0.642. The number of rotatable bonds is 8. The average molecular weight is 300 g/mol. The minimum Gasteiger partial charge on any atom is -0.756 e. The molecule has 0 heterocycles. The molecule has 0 saturated carbocycles. The SMILES string of the molecule is CCC[P+](C)(CCC)CCC.COP(=O)([O-])OC. The molecular weight excluding hydrogens is 270 g/mol. The van der Waals surface area contributed by atoms with Gasteiger partial charge in [-0.3, -0.25) is 4.57 Å². The van der Waals surface area contributed by atoms with Crippen LogP contribution in [0.25, 0.3) is 0 Å². The fraction of sp³-hybridized carbons (Fsp3) is 1.00. The fourth-order valence-corrected chi connectivity index (χ4v) is 6.09. The Labute approximate surface area is 113 Å². The summed E-state index contributed by atoms with van der Waals surface area (Å²) in [5.41, 5.74) is 0. The third-order valence-corrected chi connectivity index (χ3v) is 8.21. The number of hydrogen-bond acceptors (Lipinski definition) is 4. The monoisotopic (exact) mass is 300 g/mol. The van der Waals surface area contributed by atoms with Crippen molar-refractivity contribution in [3.05, 3.63) is 0 Å². The maximum absolute atomic E-state index is 9.95. The third kappa shape index (κ3) is 11.6. The maximum atomic E-state index is 9.95. The summed E-state index contributed by atoms with van der Waals surface area (Å²) in [6.45, 7) is 9.53. The summed E-state index contributed by atoms with van der Waals surface area (Å²) in [7, 11) is -2.30. The normalized spacial score (nSPS) is 11.9. The van der Waals surface area contributed by atoms with Crippen molar-refractivity contribution in [3.8, 4) is 0 Å². The van der Waals surface area contributed by atoms with Crippen LogP contribution in [-0.4, -0.2) is 39.4 Å². The first-order chi connectivity index (χ1) is 8.30. The van der Waals surface area contributed by atoms with Gasteiger partial charge in [0.05, 0.1) is 18.5 Å². The first kappa shape index (κ1) is 20.8. The molecule has 112 valence electrons. The molecule has 0 aliphatic carbocycles. The summed E-state index contributed by atoms with van der Waals surface area (Å²) in [5, 5.41) is 0. The van der Waals surface area contributed by atoms with E-state index in [0.717, 1.165) is 14.2 Å². The Morgan fingerprint density at radius 1 is 0.944 bits per heavy atom. The molecule has 0 rings (SSSR count). The smallest absolute Gasteiger partial charge is 0.267 e. The average Bonchev–Trinajstić information content (AvgIpc) is 2.31. The van der Waals surface area contributed by atoms with E-state index in [1.54, 1.807) is 0 Å². The molecule has 0 amide bonds. The van der Waals surface area contributed by atoms with Gasteiger partial charge >= 0.3 is 0 Å². The van der Waals surface area contributed by atoms with Crippen LogP contribution in [0.2, 0.25) is 0 Å². The lowest BCUT2D eigenvalue weighted by atomic mass is 10.6. The molecule has 0 bridgehead atoms. The Morgan fingerprint density at radius 2 is 1.22 bits per heavy atom. The first-order valence-corrected chi connectivity index (χ1v) is 10.8. The first-order valence-electron chi connectivity index (χ1n) is 6.56. The minimum atomic E-state index is -3.90. The summed E-state index contributed by atoms with van der Waals surface area (Å²) in [5.74, 6) is 0. The van der Waals surface area contributed by atoms with E-state index in [1.807, 2.05) is 0 Å². The minimum absolute atomic E-state index is 0.469. The molecule has 0 aliphatic heterocycles. The molecule has 0 unspecified atom stereocenters. The standard InChI is InChI=1S/C10H24P.C2H7O4P/c1-5-8-11(4,9-6-2)10-7-3;1-5-7(3,4)6-2/h5-10H2,1-4H3;1-2H3,(H,3,4)/q+1;/p-1. The highest BCUT2D eigenvalue weighted by atomic mass is 31.2. The highest BCUT2D eigenvalue weighted by Crippen LogP contribution is 2.56. The van der Waals surface area contributed by atoms with E-state index < -0.39 is 15.1 Å². The zero-order valence-electron chi connectivity index (χ0n) is 12.8. The molecule has 18 heavy (non-hydrogen) atoms. The second kappa shape index (κ2) is 11.4. The van der Waals surface area contributed by atoms with Crippen molar-refractivity contribution in [2.24, 2.45) is 0 Å². The second-order valence-electron chi connectivity index (χ2n) is 4.60. The van der Waals surface area contributed by atoms with Gasteiger partial charge in [-0.2, -0.15) is 0 Å². The number of hydrogen-bond donors (Lipinski definition) is 0. The third-order valence-electron chi connectivity index (χ3n) is 2.74. The lowest BCUT2D eigenvalue weighted by molar-refractivity contribution is -0.220. The van der Waals surface area contributed by atoms with Crippen molar-refractivity contribution < 1.29 is 18.5 Å². The highest BCUT2D eigenvalue weighted by molar-refractivity contribution is 7.75. The fourth-order valence-electron chi connectivity index (χ4n) is 2.03. The van der Waals surface area contributed by atoms with Crippen molar-refractivity contribution in [3.63, 3.8) is 0 Å². The van der Waals surface area contributed by atoms with Crippen LogP contribution < -0.4 is 4.89 Å². The van der Waals surface area contributed by atoms with Crippen LogP contribution in [0, 0.1) is 0 Å². The summed E-state index contributed by atoms with van der Waals surface area (Å²) >= 11 is 0. The number of phosphoric ester groups is 1. The van der Waals surface area contributed by atoms with Gasteiger partial charge in [0.25, 0.3) is 7.82 Å². The van der Waals surface area contributed by atoms with Crippen LogP contribution in [0.3, 0.4) is 0 Å². The van der Waals surface area contributed by atoms with Gasteiger partial charge in [-0.15, -0.1) is 0 Å². The predicted octanol–water partition coefficient (Wildman–Crippen LogP) is 3.61. The van der Waals surface area contributed by atoms with E-state index in [0.29, 0.717) is 0 Å². The van der Waals surface area contributed by atoms with Gasteiger partial charge in [0.15, 0.2) is 0 Å². The Morgan fingerprint density at radius 3 is 1.33 bits per heavy atom. The van der Waals surface area contributed by atoms with E-state index >= 15 is 0 Å². The molecule has 0 N–H and O–H groups in total. The van der Waals surface area contributed by atoms with Crippen molar-refractivity contribution in [1.82, 2.24) is 0 Å². The molecule has 0 fully saturated rings. The summed E-state index contributed by atoms with van der Waals surface area (Å²) in [6.07, 6.45) is 8.75. The molecule has 0 radical (unpaired) electrons. The summed E-state index contributed by atoms with van der Waals surface area (Å²) < 4.78 is 17.7. The maximum Gasteiger partial charge on any atom is 0.267 e. The Bertz CT molecular complexity index is 209. The van der Waals surface area contributed by atoms with Crippen molar-refractivity contribution in [1.29, 1.82) is 0 Å². The summed E-state index contributed by atoms with van der Waals surface area (Å²) in [4.78, 5) is 9.95. The zero-order chi connectivity index (χ0) is 14.7. The van der Waals surface area contributed by atoms with Gasteiger partial charge in [0.2, 0.25) is 0 Å². The molecule has 6 heteroatoms. The predicted molar refractivity (Wildman–Crippen MR) is 79.9 cm³/mol. The van der Waals surface area contributed by atoms with E-state index in [1.165, 1.54) is 37.7 Å². The topological polar surface area (TPSA) is 58.6 Å². The van der Waals surface area contributed by atoms with E-state index in [2.05, 4.69) is 36.5 Å². The van der Waals surface area contributed by atoms with Crippen LogP contribution in [-0.2, 0) is 13.6 Å². The van der Waals surface area contributed by atoms with Crippen molar-refractivity contribution in [2.45, 2.75) is 40.0 Å². The van der Waals surface area contributed by atoms with E-state index in [-0.39, 0.29) is 0 Å². The lowest BCUT2D eigenvalue weighted by Crippen LogP contribution is -2.05. The van der Waals surface area contributed by atoms with Gasteiger partial charge in [-0.1, -0.05) is 20.8 Å². The van der Waals surface area contributed by atoms with Crippen LogP contribution in [0.1, 0.15) is 40.0 Å². The summed E-state index contributed by atoms with van der Waals surface area (Å²) in [6, 6.07) is 0. The lowest BCUT2D eigenvalue weighted by Gasteiger charge is -2.21. The van der Waals surface area contributed by atoms with Crippen LogP contribution >= 0.6 is 15.1 Å². The highest BCUT2D eigenvalue weighted by Gasteiger charge is 2.27. The van der Waals surface area contributed by atoms with E-state index in [4.69, 9.17) is 0 Å². The second-order valence-corrected chi connectivity index (χ2v) is 10.8. The van der Waals surface area contributed by atoms with E-state index in [9.17, 15) is 9.46 Å². The molecule has 0 spiro atoms. The zero-order valence-corrected chi connectivity index (χ0v) is 14.6. The molecule has 0 atom stereocenters. The van der Waals surface area contributed by atoms with Crippen LogP contribution in [0.15, 0.2) is 0 Å². The largest absolute Gasteiger partial charge is 0.756 e. The van der Waals surface area contributed by atoms with Crippen LogP contribution in [0.5, 0.6) is 0 Å². The Balaban J connectivity index is 0. The Kier molecular flexibility index (Phi) is 13.2. The van der Waals surface area contributed by atoms with Gasteiger partial charge in [0, 0.05) is 28.1 Å². The van der Waals surface area contributed by atoms with Crippen LogP contribution in [0.4, 0.5) is 0 Å². The van der Waals surface area contributed by atoms with Crippen molar-refractivity contribution >= 4 is 15.1 Å². The van der Waals surface area contributed by atoms with Crippen molar-refractivity contribution in [2.75, 3.05) is 39.4 Å². The van der Waals surface area contributed by atoms with Gasteiger partial charge < -0.3 is 13.9 Å². The van der Waals surface area contributed by atoms with Gasteiger partial charge in [-0.05, 0) is 19.3 Å². The molecular formula is C12H30O4P2. The molecule has 0 aliphatic rings. The van der Waals surface area contributed by atoms with Gasteiger partial charge in [-0.25, -0.2) is 0 Å². The molecule has 0 aromatic carbocycles. The molecule has 0 aromatic rings. The molecule has 0 saturated heterocycles. The molecule has 0 aromatic heterocycles. The number of phosphoric acid groups is 1. The Hall–Kier alpha value is 0.540. The van der Waals surface area contributed by atoms with Gasteiger partial charge in [0.1, 0.15) is 0 Å².